The topological polar surface area (TPSA) is 90.0 Å². The third kappa shape index (κ3) is 5.67. The largest absolute Gasteiger partial charge is 0.447 e. The van der Waals surface area contributed by atoms with Crippen LogP contribution in [0.3, 0.4) is 0 Å². The monoisotopic (exact) mass is 431 g/mol. The van der Waals surface area contributed by atoms with E-state index in [0.717, 1.165) is 5.56 Å². The minimum absolute atomic E-state index is 0.157. The minimum atomic E-state index is -3.63. The number of carbonyl (C=O) groups is 2. The van der Waals surface area contributed by atoms with Gasteiger partial charge in [-0.1, -0.05) is 48.0 Å². The number of amides is 1. The number of hydrogen-bond acceptors (Lipinski definition) is 6. The SMILES string of the molecule is Cc1ccc(S(=O)(=O)CCC(=O)O[C@H](C(=O)N2CCOCC2)c2ccccc2)cc1. The molecule has 1 aliphatic heterocycles. The molecule has 0 spiro atoms. The predicted molar refractivity (Wildman–Crippen MR) is 111 cm³/mol. The number of benzene rings is 2. The van der Waals surface area contributed by atoms with Crippen molar-refractivity contribution in [1.82, 2.24) is 4.90 Å². The van der Waals surface area contributed by atoms with Crippen LogP contribution in [-0.4, -0.2) is 57.3 Å². The molecule has 30 heavy (non-hydrogen) atoms. The van der Waals surface area contributed by atoms with Gasteiger partial charge in [-0.25, -0.2) is 8.42 Å². The maximum atomic E-state index is 13.0. The zero-order valence-corrected chi connectivity index (χ0v) is 17.6. The molecule has 1 heterocycles. The highest BCUT2D eigenvalue weighted by Crippen LogP contribution is 2.22. The molecule has 160 valence electrons. The molecular formula is C22H25NO6S. The second-order valence-electron chi connectivity index (χ2n) is 7.10. The van der Waals surface area contributed by atoms with Crippen LogP contribution in [0.5, 0.6) is 0 Å². The van der Waals surface area contributed by atoms with Crippen LogP contribution in [0.1, 0.15) is 23.7 Å². The molecule has 0 N–H and O–H groups in total. The van der Waals surface area contributed by atoms with Crippen LogP contribution in [0.2, 0.25) is 0 Å². The lowest BCUT2D eigenvalue weighted by Gasteiger charge is -2.30. The molecule has 0 aliphatic carbocycles. The fraction of sp³-hybridized carbons (Fsp3) is 0.364. The third-order valence-electron chi connectivity index (χ3n) is 4.85. The first-order valence-electron chi connectivity index (χ1n) is 9.77. The van der Waals surface area contributed by atoms with Gasteiger partial charge < -0.3 is 14.4 Å². The van der Waals surface area contributed by atoms with Crippen LogP contribution in [0, 0.1) is 6.92 Å². The summed E-state index contributed by atoms with van der Waals surface area (Å²) in [6.07, 6.45) is -1.45. The van der Waals surface area contributed by atoms with E-state index in [0.29, 0.717) is 31.9 Å². The second kappa shape index (κ2) is 9.86. The average molecular weight is 432 g/mol. The molecule has 2 aromatic rings. The Bertz CT molecular complexity index is 966. The number of sulfone groups is 1. The van der Waals surface area contributed by atoms with Crippen molar-refractivity contribution < 1.29 is 27.5 Å². The number of aryl methyl sites for hydroxylation is 1. The molecule has 0 bridgehead atoms. The van der Waals surface area contributed by atoms with E-state index in [-0.39, 0.29) is 23.0 Å². The highest BCUT2D eigenvalue weighted by molar-refractivity contribution is 7.91. The first-order valence-corrected chi connectivity index (χ1v) is 11.4. The molecule has 0 saturated carbocycles. The molecule has 0 aromatic heterocycles. The van der Waals surface area contributed by atoms with Gasteiger partial charge in [-0.2, -0.15) is 0 Å². The van der Waals surface area contributed by atoms with Crippen molar-refractivity contribution in [2.45, 2.75) is 24.3 Å². The maximum absolute atomic E-state index is 13.0. The van der Waals surface area contributed by atoms with Gasteiger partial charge in [-0.15, -0.1) is 0 Å². The molecule has 1 atom stereocenters. The Morgan fingerprint density at radius 2 is 1.67 bits per heavy atom. The summed E-state index contributed by atoms with van der Waals surface area (Å²) in [5.74, 6) is -1.46. The zero-order valence-electron chi connectivity index (χ0n) is 16.8. The van der Waals surface area contributed by atoms with E-state index < -0.39 is 21.9 Å². The Morgan fingerprint density at radius 1 is 1.03 bits per heavy atom. The van der Waals surface area contributed by atoms with Crippen LogP contribution in [0.4, 0.5) is 0 Å². The first-order chi connectivity index (χ1) is 14.4. The smallest absolute Gasteiger partial charge is 0.307 e. The first kappa shape index (κ1) is 22.0. The lowest BCUT2D eigenvalue weighted by Crippen LogP contribution is -2.44. The van der Waals surface area contributed by atoms with E-state index in [2.05, 4.69) is 0 Å². The molecule has 1 aliphatic rings. The molecule has 2 aromatic carbocycles. The van der Waals surface area contributed by atoms with Gasteiger partial charge in [0.2, 0.25) is 6.10 Å². The summed E-state index contributed by atoms with van der Waals surface area (Å²) in [6.45, 7) is 3.55. The van der Waals surface area contributed by atoms with Crippen LogP contribution >= 0.6 is 0 Å². The van der Waals surface area contributed by atoms with Gasteiger partial charge in [-0.3, -0.25) is 9.59 Å². The highest BCUT2D eigenvalue weighted by Gasteiger charge is 2.31. The molecule has 1 fully saturated rings. The van der Waals surface area contributed by atoms with Crippen molar-refractivity contribution in [3.63, 3.8) is 0 Å². The number of esters is 1. The van der Waals surface area contributed by atoms with Crippen molar-refractivity contribution in [2.24, 2.45) is 0 Å². The van der Waals surface area contributed by atoms with E-state index in [1.807, 2.05) is 6.92 Å². The summed E-state index contributed by atoms with van der Waals surface area (Å²) in [6, 6.07) is 15.2. The van der Waals surface area contributed by atoms with Crippen molar-refractivity contribution in [3.8, 4) is 0 Å². The molecule has 8 heteroatoms. The average Bonchev–Trinajstić information content (AvgIpc) is 2.77. The second-order valence-corrected chi connectivity index (χ2v) is 9.21. The van der Waals surface area contributed by atoms with Crippen molar-refractivity contribution in [2.75, 3.05) is 32.1 Å². The Morgan fingerprint density at radius 3 is 2.30 bits per heavy atom. The van der Waals surface area contributed by atoms with Crippen LogP contribution in [0.15, 0.2) is 59.5 Å². The van der Waals surface area contributed by atoms with E-state index in [9.17, 15) is 18.0 Å². The summed E-state index contributed by atoms with van der Waals surface area (Å²) >= 11 is 0. The Balaban J connectivity index is 1.68. The van der Waals surface area contributed by atoms with Crippen LogP contribution < -0.4 is 0 Å². The number of hydrogen-bond donors (Lipinski definition) is 0. The van der Waals surface area contributed by atoms with E-state index in [1.54, 1.807) is 47.4 Å². The number of rotatable bonds is 7. The lowest BCUT2D eigenvalue weighted by atomic mass is 10.1. The van der Waals surface area contributed by atoms with Gasteiger partial charge in [0.05, 0.1) is 30.3 Å². The molecule has 0 unspecified atom stereocenters. The molecule has 3 rings (SSSR count). The van der Waals surface area contributed by atoms with Gasteiger partial charge >= 0.3 is 5.97 Å². The fourth-order valence-corrected chi connectivity index (χ4v) is 4.33. The van der Waals surface area contributed by atoms with Crippen molar-refractivity contribution >= 4 is 21.7 Å². The standard InChI is InChI=1S/C22H25NO6S/c1-17-7-9-19(10-8-17)30(26,27)16-11-20(24)29-21(18-5-3-2-4-6-18)22(25)23-12-14-28-15-13-23/h2-10,21H,11-16H2,1H3/t21-/m0/s1. The summed E-state index contributed by atoms with van der Waals surface area (Å²) in [5.41, 5.74) is 1.49. The number of ether oxygens (including phenoxy) is 2. The Labute approximate surface area is 176 Å². The molecular weight excluding hydrogens is 406 g/mol. The van der Waals surface area contributed by atoms with Crippen molar-refractivity contribution in [1.29, 1.82) is 0 Å². The van der Waals surface area contributed by atoms with E-state index >= 15 is 0 Å². The zero-order chi connectivity index (χ0) is 21.6. The van der Waals surface area contributed by atoms with E-state index in [4.69, 9.17) is 9.47 Å². The molecule has 1 amide bonds. The van der Waals surface area contributed by atoms with Gasteiger partial charge in [0.1, 0.15) is 0 Å². The summed E-state index contributed by atoms with van der Waals surface area (Å²) in [5, 5.41) is 0. The summed E-state index contributed by atoms with van der Waals surface area (Å²) < 4.78 is 35.7. The highest BCUT2D eigenvalue weighted by atomic mass is 32.2. The normalized spacial score (nSPS) is 15.4. The van der Waals surface area contributed by atoms with Crippen molar-refractivity contribution in [3.05, 3.63) is 65.7 Å². The summed E-state index contributed by atoms with van der Waals surface area (Å²) in [4.78, 5) is 27.2. The van der Waals surface area contributed by atoms with Gasteiger partial charge in [0.25, 0.3) is 5.91 Å². The molecule has 1 saturated heterocycles. The minimum Gasteiger partial charge on any atom is -0.447 e. The lowest BCUT2D eigenvalue weighted by molar-refractivity contribution is -0.162. The van der Waals surface area contributed by atoms with Gasteiger partial charge in [0.15, 0.2) is 9.84 Å². The quantitative estimate of drug-likeness (QED) is 0.625. The summed E-state index contributed by atoms with van der Waals surface area (Å²) in [7, 11) is -3.63. The van der Waals surface area contributed by atoms with E-state index in [1.165, 1.54) is 12.1 Å². The predicted octanol–water partition coefficient (Wildman–Crippen LogP) is 2.30. The third-order valence-corrected chi connectivity index (χ3v) is 6.59. The number of carbonyl (C=O) groups excluding carboxylic acids is 2. The fourth-order valence-electron chi connectivity index (χ4n) is 3.11. The number of morpholine rings is 1. The van der Waals surface area contributed by atoms with Gasteiger partial charge in [0, 0.05) is 18.7 Å². The number of nitrogens with zero attached hydrogens (tertiary/aromatic N) is 1. The van der Waals surface area contributed by atoms with Gasteiger partial charge in [-0.05, 0) is 19.1 Å². The van der Waals surface area contributed by atoms with Crippen LogP contribution in [-0.2, 0) is 28.9 Å². The maximum Gasteiger partial charge on any atom is 0.307 e. The Kier molecular flexibility index (Phi) is 7.23. The molecule has 7 nitrogen and oxygen atoms in total. The Hall–Kier alpha value is -2.71. The molecule has 0 radical (unpaired) electrons. The van der Waals surface area contributed by atoms with Crippen LogP contribution in [0.25, 0.3) is 0 Å².